The molecule has 0 aliphatic rings. The van der Waals surface area contributed by atoms with Crippen molar-refractivity contribution < 1.29 is 0 Å². The van der Waals surface area contributed by atoms with Crippen LogP contribution in [0.4, 0.5) is 0 Å². The molecule has 0 aliphatic carbocycles. The molecule has 20 heavy (non-hydrogen) atoms. The summed E-state index contributed by atoms with van der Waals surface area (Å²) in [4.78, 5) is 16.8. The minimum atomic E-state index is -0.190. The Morgan fingerprint density at radius 2 is 1.85 bits per heavy atom. The molecular formula is C16H17N3O. The molecule has 4 heteroatoms. The van der Waals surface area contributed by atoms with Crippen molar-refractivity contribution in [3.05, 3.63) is 69.6 Å². The lowest BCUT2D eigenvalue weighted by Gasteiger charge is -2.14. The largest absolute Gasteiger partial charge is 0.324 e. The van der Waals surface area contributed by atoms with Gasteiger partial charge in [-0.2, -0.15) is 0 Å². The minimum absolute atomic E-state index is 0.0843. The number of H-pyrrole nitrogens is 2. The van der Waals surface area contributed by atoms with E-state index in [1.54, 1.807) is 0 Å². The number of rotatable bonds is 3. The van der Waals surface area contributed by atoms with E-state index in [0.717, 1.165) is 23.0 Å². The van der Waals surface area contributed by atoms with Crippen molar-refractivity contribution in [2.45, 2.75) is 19.4 Å². The van der Waals surface area contributed by atoms with E-state index in [9.17, 15) is 4.79 Å². The zero-order valence-electron chi connectivity index (χ0n) is 11.3. The predicted octanol–water partition coefficient (Wildman–Crippen LogP) is 2.41. The Bertz CT molecular complexity index is 801. The summed E-state index contributed by atoms with van der Waals surface area (Å²) in [5, 5.41) is 0. The zero-order valence-corrected chi connectivity index (χ0v) is 11.3. The first-order valence-electron chi connectivity index (χ1n) is 6.65. The van der Waals surface area contributed by atoms with Crippen LogP contribution in [0.15, 0.2) is 47.3 Å². The zero-order chi connectivity index (χ0) is 14.1. The number of nitrogens with one attached hydrogen (secondary N) is 2. The van der Waals surface area contributed by atoms with E-state index < -0.39 is 0 Å². The van der Waals surface area contributed by atoms with Crippen LogP contribution in [0.2, 0.25) is 0 Å². The Kier molecular flexibility index (Phi) is 3.16. The molecule has 0 saturated carbocycles. The van der Waals surface area contributed by atoms with Crippen LogP contribution < -0.4 is 11.4 Å². The molecule has 1 heterocycles. The van der Waals surface area contributed by atoms with Crippen molar-refractivity contribution in [2.24, 2.45) is 5.73 Å². The molecule has 4 N–H and O–H groups in total. The highest BCUT2D eigenvalue weighted by molar-refractivity contribution is 5.75. The first-order chi connectivity index (χ1) is 9.63. The van der Waals surface area contributed by atoms with E-state index in [2.05, 4.69) is 29.0 Å². The molecule has 1 aromatic heterocycles. The van der Waals surface area contributed by atoms with Gasteiger partial charge in [0, 0.05) is 6.04 Å². The monoisotopic (exact) mass is 267 g/mol. The second-order valence-electron chi connectivity index (χ2n) is 5.12. The molecule has 3 rings (SSSR count). The molecule has 1 atom stereocenters. The molecule has 102 valence electrons. The highest BCUT2D eigenvalue weighted by Gasteiger charge is 2.10. The van der Waals surface area contributed by atoms with Gasteiger partial charge in [-0.1, -0.05) is 30.3 Å². The Morgan fingerprint density at radius 3 is 2.65 bits per heavy atom. The van der Waals surface area contributed by atoms with E-state index >= 15 is 0 Å². The number of nitrogens with two attached hydrogens (primary N) is 1. The number of aromatic nitrogens is 2. The topological polar surface area (TPSA) is 74.7 Å². The fourth-order valence-electron chi connectivity index (χ4n) is 2.47. The Morgan fingerprint density at radius 1 is 1.10 bits per heavy atom. The first kappa shape index (κ1) is 12.7. The van der Waals surface area contributed by atoms with Gasteiger partial charge in [-0.25, -0.2) is 4.79 Å². The lowest BCUT2D eigenvalue weighted by atomic mass is 9.96. The number of aryl methyl sites for hydroxylation is 1. The van der Waals surface area contributed by atoms with Gasteiger partial charge in [0.25, 0.3) is 0 Å². The third-order valence-electron chi connectivity index (χ3n) is 3.67. The van der Waals surface area contributed by atoms with Crippen molar-refractivity contribution >= 4 is 11.0 Å². The van der Waals surface area contributed by atoms with Crippen LogP contribution in [-0.4, -0.2) is 9.97 Å². The summed E-state index contributed by atoms with van der Waals surface area (Å²) in [6.45, 7) is 2.09. The number of hydrogen-bond donors (Lipinski definition) is 3. The van der Waals surface area contributed by atoms with Crippen molar-refractivity contribution in [3.63, 3.8) is 0 Å². The van der Waals surface area contributed by atoms with Crippen LogP contribution in [0.5, 0.6) is 0 Å². The quantitative estimate of drug-likeness (QED) is 0.681. The number of imidazole rings is 1. The highest BCUT2D eigenvalue weighted by atomic mass is 16.1. The summed E-state index contributed by atoms with van der Waals surface area (Å²) < 4.78 is 0. The Balaban J connectivity index is 1.90. The van der Waals surface area contributed by atoms with Crippen LogP contribution >= 0.6 is 0 Å². The van der Waals surface area contributed by atoms with E-state index in [0.29, 0.717) is 0 Å². The minimum Gasteiger partial charge on any atom is -0.324 e. The van der Waals surface area contributed by atoms with Gasteiger partial charge in [0.2, 0.25) is 0 Å². The normalized spacial score (nSPS) is 12.7. The van der Waals surface area contributed by atoms with Gasteiger partial charge in [0.15, 0.2) is 0 Å². The SMILES string of the molecule is Cc1ccccc1CC(N)c1ccc2[nH]c(=O)[nH]c2c1. The third-order valence-corrected chi connectivity index (χ3v) is 3.67. The average molecular weight is 267 g/mol. The van der Waals surface area contributed by atoms with E-state index in [-0.39, 0.29) is 11.7 Å². The van der Waals surface area contributed by atoms with Gasteiger partial charge in [-0.05, 0) is 42.2 Å². The van der Waals surface area contributed by atoms with Crippen LogP contribution in [-0.2, 0) is 6.42 Å². The molecule has 0 aliphatic heterocycles. The van der Waals surface area contributed by atoms with Crippen LogP contribution in [0.1, 0.15) is 22.7 Å². The van der Waals surface area contributed by atoms with E-state index in [1.165, 1.54) is 11.1 Å². The number of hydrogen-bond acceptors (Lipinski definition) is 2. The van der Waals surface area contributed by atoms with E-state index in [1.807, 2.05) is 30.3 Å². The van der Waals surface area contributed by atoms with Gasteiger partial charge in [-0.15, -0.1) is 0 Å². The summed E-state index contributed by atoms with van der Waals surface area (Å²) in [5.74, 6) is 0. The summed E-state index contributed by atoms with van der Waals surface area (Å²) >= 11 is 0. The number of fused-ring (bicyclic) bond motifs is 1. The lowest BCUT2D eigenvalue weighted by molar-refractivity contribution is 0.720. The summed E-state index contributed by atoms with van der Waals surface area (Å²) in [6, 6.07) is 14.0. The van der Waals surface area contributed by atoms with Gasteiger partial charge in [0.05, 0.1) is 11.0 Å². The molecule has 0 radical (unpaired) electrons. The second-order valence-corrected chi connectivity index (χ2v) is 5.12. The highest BCUT2D eigenvalue weighted by Crippen LogP contribution is 2.20. The third kappa shape index (κ3) is 2.38. The van der Waals surface area contributed by atoms with Crippen molar-refractivity contribution in [1.29, 1.82) is 0 Å². The van der Waals surface area contributed by atoms with Gasteiger partial charge in [-0.3, -0.25) is 0 Å². The van der Waals surface area contributed by atoms with Crippen LogP contribution in [0.3, 0.4) is 0 Å². The molecule has 3 aromatic rings. The maximum Gasteiger partial charge on any atom is 0.323 e. The summed E-state index contributed by atoms with van der Waals surface area (Å²) in [6.07, 6.45) is 0.785. The molecule has 0 bridgehead atoms. The van der Waals surface area contributed by atoms with Gasteiger partial charge in [0.1, 0.15) is 0 Å². The predicted molar refractivity (Wildman–Crippen MR) is 80.7 cm³/mol. The lowest BCUT2D eigenvalue weighted by Crippen LogP contribution is -2.13. The van der Waals surface area contributed by atoms with Crippen LogP contribution in [0, 0.1) is 6.92 Å². The summed E-state index contributed by atoms with van der Waals surface area (Å²) in [5.41, 5.74) is 11.2. The first-order valence-corrected chi connectivity index (χ1v) is 6.65. The molecule has 0 spiro atoms. The fourth-order valence-corrected chi connectivity index (χ4v) is 2.47. The van der Waals surface area contributed by atoms with Crippen LogP contribution in [0.25, 0.3) is 11.0 Å². The van der Waals surface area contributed by atoms with Crippen molar-refractivity contribution in [2.75, 3.05) is 0 Å². The number of benzene rings is 2. The maximum absolute atomic E-state index is 11.3. The molecule has 2 aromatic carbocycles. The fraction of sp³-hybridized carbons (Fsp3) is 0.188. The average Bonchev–Trinajstić information content (AvgIpc) is 2.80. The summed E-state index contributed by atoms with van der Waals surface area (Å²) in [7, 11) is 0. The molecule has 1 unspecified atom stereocenters. The standard InChI is InChI=1S/C16H17N3O/c1-10-4-2-3-5-11(10)8-13(17)12-6-7-14-15(9-12)19-16(20)18-14/h2-7,9,13H,8,17H2,1H3,(H2,18,19,20). The van der Waals surface area contributed by atoms with E-state index in [4.69, 9.17) is 5.73 Å². The van der Waals surface area contributed by atoms with Crippen molar-refractivity contribution in [3.8, 4) is 0 Å². The van der Waals surface area contributed by atoms with Gasteiger partial charge >= 0.3 is 5.69 Å². The van der Waals surface area contributed by atoms with Gasteiger partial charge < -0.3 is 15.7 Å². The maximum atomic E-state index is 11.3. The second kappa shape index (κ2) is 4.98. The van der Waals surface area contributed by atoms with Crippen molar-refractivity contribution in [1.82, 2.24) is 9.97 Å². The molecule has 0 fully saturated rings. The Hall–Kier alpha value is -2.33. The molecular weight excluding hydrogens is 250 g/mol. The molecule has 0 amide bonds. The smallest absolute Gasteiger partial charge is 0.323 e. The molecule has 4 nitrogen and oxygen atoms in total. The molecule has 0 saturated heterocycles. The number of aromatic amines is 2. The Labute approximate surface area is 116 Å².